The molecule has 7 nitrogen and oxygen atoms in total. The van der Waals surface area contributed by atoms with Gasteiger partial charge < -0.3 is 14.8 Å². The molecule has 0 aliphatic carbocycles. The second-order valence-electron chi connectivity index (χ2n) is 7.62. The molecule has 31 heavy (non-hydrogen) atoms. The molecule has 1 heterocycles. The number of nitrogens with one attached hydrogen (secondary N) is 1. The van der Waals surface area contributed by atoms with Crippen LogP contribution in [-0.2, 0) is 21.2 Å². The summed E-state index contributed by atoms with van der Waals surface area (Å²) in [5.41, 5.74) is 1.91. The fourth-order valence-corrected chi connectivity index (χ4v) is 5.14. The maximum atomic E-state index is 12.7. The number of piperidine rings is 1. The van der Waals surface area contributed by atoms with Crippen LogP contribution < -0.4 is 14.8 Å². The van der Waals surface area contributed by atoms with E-state index in [1.54, 1.807) is 35.7 Å². The zero-order valence-electron chi connectivity index (χ0n) is 18.1. The fraction of sp³-hybridized carbons (Fsp3) is 0.435. The standard InChI is InChI=1S/C23H30N2O5S/c1-18-16-19(6-11-22(18)29-2)17-23(26)24-12-15-30-20-7-9-21(10-8-20)31(27,28)25-13-4-3-5-14-25/h6-11,16H,3-5,12-15,17H2,1-2H3,(H,24,26). The zero-order chi connectivity index (χ0) is 22.3. The first-order valence-electron chi connectivity index (χ1n) is 10.5. The summed E-state index contributed by atoms with van der Waals surface area (Å²) in [5.74, 6) is 1.28. The lowest BCUT2D eigenvalue weighted by atomic mass is 10.1. The van der Waals surface area contributed by atoms with Crippen LogP contribution in [0.4, 0.5) is 0 Å². The molecule has 1 aliphatic heterocycles. The molecular weight excluding hydrogens is 416 g/mol. The summed E-state index contributed by atoms with van der Waals surface area (Å²) in [7, 11) is -1.82. The maximum absolute atomic E-state index is 12.7. The Labute approximate surface area is 184 Å². The van der Waals surface area contributed by atoms with Gasteiger partial charge in [-0.1, -0.05) is 18.6 Å². The monoisotopic (exact) mass is 446 g/mol. The summed E-state index contributed by atoms with van der Waals surface area (Å²) in [5, 5.41) is 2.83. The van der Waals surface area contributed by atoms with Crippen molar-refractivity contribution in [2.45, 2.75) is 37.5 Å². The summed E-state index contributed by atoms with van der Waals surface area (Å²) in [6.07, 6.45) is 3.18. The number of rotatable bonds is 9. The van der Waals surface area contributed by atoms with E-state index in [-0.39, 0.29) is 17.2 Å². The molecule has 0 bridgehead atoms. The number of carbonyl (C=O) groups is 1. The zero-order valence-corrected chi connectivity index (χ0v) is 18.9. The first-order chi connectivity index (χ1) is 14.9. The van der Waals surface area contributed by atoms with Crippen molar-refractivity contribution in [1.29, 1.82) is 0 Å². The van der Waals surface area contributed by atoms with E-state index in [0.29, 0.717) is 32.0 Å². The number of aryl methyl sites for hydroxylation is 1. The summed E-state index contributed by atoms with van der Waals surface area (Å²) < 4.78 is 37.8. The van der Waals surface area contributed by atoms with Crippen LogP contribution in [-0.4, -0.2) is 52.0 Å². The summed E-state index contributed by atoms with van der Waals surface area (Å²) in [6.45, 7) is 3.76. The first-order valence-corrected chi connectivity index (χ1v) is 12.0. The Morgan fingerprint density at radius 2 is 1.77 bits per heavy atom. The summed E-state index contributed by atoms with van der Waals surface area (Å²) in [6, 6.07) is 12.1. The van der Waals surface area contributed by atoms with Gasteiger partial charge in [0.1, 0.15) is 18.1 Å². The molecule has 0 spiro atoms. The van der Waals surface area contributed by atoms with Gasteiger partial charge in [0.15, 0.2) is 0 Å². The Morgan fingerprint density at radius 1 is 1.06 bits per heavy atom. The molecule has 1 N–H and O–H groups in total. The normalized spacial score (nSPS) is 14.8. The van der Waals surface area contributed by atoms with Gasteiger partial charge >= 0.3 is 0 Å². The molecule has 1 fully saturated rings. The molecule has 0 aromatic heterocycles. The molecule has 1 saturated heterocycles. The Kier molecular flexibility index (Phi) is 7.92. The lowest BCUT2D eigenvalue weighted by Crippen LogP contribution is -2.35. The van der Waals surface area contributed by atoms with Crippen LogP contribution in [0.1, 0.15) is 30.4 Å². The number of amides is 1. The van der Waals surface area contributed by atoms with Crippen molar-refractivity contribution in [2.24, 2.45) is 0 Å². The maximum Gasteiger partial charge on any atom is 0.243 e. The largest absolute Gasteiger partial charge is 0.496 e. The number of benzene rings is 2. The van der Waals surface area contributed by atoms with E-state index < -0.39 is 10.0 Å². The molecule has 2 aromatic carbocycles. The van der Waals surface area contributed by atoms with Gasteiger partial charge in [-0.3, -0.25) is 4.79 Å². The Balaban J connectivity index is 1.43. The summed E-state index contributed by atoms with van der Waals surface area (Å²) in [4.78, 5) is 12.4. The smallest absolute Gasteiger partial charge is 0.243 e. The van der Waals surface area contributed by atoms with Gasteiger partial charge in [-0.15, -0.1) is 0 Å². The molecule has 8 heteroatoms. The van der Waals surface area contributed by atoms with Crippen molar-refractivity contribution in [3.63, 3.8) is 0 Å². The number of hydrogen-bond donors (Lipinski definition) is 1. The highest BCUT2D eigenvalue weighted by molar-refractivity contribution is 7.89. The molecule has 2 aromatic rings. The van der Waals surface area contributed by atoms with E-state index in [0.717, 1.165) is 36.1 Å². The molecule has 0 atom stereocenters. The van der Waals surface area contributed by atoms with Gasteiger partial charge in [0.25, 0.3) is 0 Å². The van der Waals surface area contributed by atoms with E-state index in [9.17, 15) is 13.2 Å². The van der Waals surface area contributed by atoms with Gasteiger partial charge in [0.05, 0.1) is 25.0 Å². The number of carbonyl (C=O) groups excluding carboxylic acids is 1. The van der Waals surface area contributed by atoms with E-state index in [4.69, 9.17) is 9.47 Å². The van der Waals surface area contributed by atoms with Crippen LogP contribution in [0.2, 0.25) is 0 Å². The second-order valence-corrected chi connectivity index (χ2v) is 9.55. The predicted octanol–water partition coefficient (Wildman–Crippen LogP) is 2.92. The number of hydrogen-bond acceptors (Lipinski definition) is 5. The SMILES string of the molecule is COc1ccc(CC(=O)NCCOc2ccc(S(=O)(=O)N3CCCCC3)cc2)cc1C. The molecule has 3 rings (SSSR count). The first kappa shape index (κ1) is 23.1. The van der Waals surface area contributed by atoms with Gasteiger partial charge in [0.2, 0.25) is 15.9 Å². The third-order valence-electron chi connectivity index (χ3n) is 5.29. The molecular formula is C23H30N2O5S. The molecule has 168 valence electrons. The van der Waals surface area contributed by atoms with Crippen LogP contribution >= 0.6 is 0 Å². The average Bonchev–Trinajstić information content (AvgIpc) is 2.78. The fourth-order valence-electron chi connectivity index (χ4n) is 3.62. The minimum atomic E-state index is -3.44. The number of sulfonamides is 1. The van der Waals surface area contributed by atoms with E-state index >= 15 is 0 Å². The second kappa shape index (κ2) is 10.6. The lowest BCUT2D eigenvalue weighted by molar-refractivity contribution is -0.120. The van der Waals surface area contributed by atoms with Gasteiger partial charge in [-0.25, -0.2) is 8.42 Å². The van der Waals surface area contributed by atoms with Gasteiger partial charge in [-0.05, 0) is 61.2 Å². The van der Waals surface area contributed by atoms with Gasteiger partial charge in [-0.2, -0.15) is 4.31 Å². The molecule has 0 unspecified atom stereocenters. The van der Waals surface area contributed by atoms with E-state index in [1.807, 2.05) is 25.1 Å². The van der Waals surface area contributed by atoms with Crippen LogP contribution in [0.5, 0.6) is 11.5 Å². The predicted molar refractivity (Wildman–Crippen MR) is 119 cm³/mol. The molecule has 1 aliphatic rings. The van der Waals surface area contributed by atoms with Crippen LogP contribution in [0.25, 0.3) is 0 Å². The molecule has 1 amide bonds. The van der Waals surface area contributed by atoms with Crippen molar-refractivity contribution in [3.8, 4) is 11.5 Å². The van der Waals surface area contributed by atoms with Crippen molar-refractivity contribution in [3.05, 3.63) is 53.6 Å². The van der Waals surface area contributed by atoms with Crippen molar-refractivity contribution in [2.75, 3.05) is 33.4 Å². The van der Waals surface area contributed by atoms with Gasteiger partial charge in [0, 0.05) is 13.1 Å². The van der Waals surface area contributed by atoms with Crippen molar-refractivity contribution >= 4 is 15.9 Å². The highest BCUT2D eigenvalue weighted by Crippen LogP contribution is 2.22. The molecule has 0 radical (unpaired) electrons. The van der Waals surface area contributed by atoms with Crippen LogP contribution in [0.15, 0.2) is 47.4 Å². The van der Waals surface area contributed by atoms with Crippen molar-refractivity contribution in [1.82, 2.24) is 9.62 Å². The number of nitrogens with zero attached hydrogens (tertiary/aromatic N) is 1. The van der Waals surface area contributed by atoms with Crippen LogP contribution in [0, 0.1) is 6.92 Å². The van der Waals surface area contributed by atoms with Crippen molar-refractivity contribution < 1.29 is 22.7 Å². The number of ether oxygens (including phenoxy) is 2. The highest BCUT2D eigenvalue weighted by Gasteiger charge is 2.25. The Morgan fingerprint density at radius 3 is 2.42 bits per heavy atom. The third-order valence-corrected chi connectivity index (χ3v) is 7.21. The lowest BCUT2D eigenvalue weighted by Gasteiger charge is -2.25. The third kappa shape index (κ3) is 6.21. The molecule has 0 saturated carbocycles. The average molecular weight is 447 g/mol. The topological polar surface area (TPSA) is 84.9 Å². The quantitative estimate of drug-likeness (QED) is 0.599. The van der Waals surface area contributed by atoms with Crippen LogP contribution in [0.3, 0.4) is 0 Å². The minimum absolute atomic E-state index is 0.0869. The Bertz CT molecular complexity index is 984. The summed E-state index contributed by atoms with van der Waals surface area (Å²) >= 11 is 0. The van der Waals surface area contributed by atoms with E-state index in [1.165, 1.54) is 0 Å². The highest BCUT2D eigenvalue weighted by atomic mass is 32.2. The number of methoxy groups -OCH3 is 1. The van der Waals surface area contributed by atoms with E-state index in [2.05, 4.69) is 5.32 Å². The minimum Gasteiger partial charge on any atom is -0.496 e. The Hall–Kier alpha value is -2.58.